The zero-order chi connectivity index (χ0) is 20.8. The highest BCUT2D eigenvalue weighted by Gasteiger charge is 2.17. The largest absolute Gasteiger partial charge is 0.478 e. The van der Waals surface area contributed by atoms with E-state index in [1.54, 1.807) is 42.5 Å². The zero-order valence-electron chi connectivity index (χ0n) is 14.9. The fourth-order valence-corrected chi connectivity index (χ4v) is 2.90. The quantitative estimate of drug-likeness (QED) is 0.484. The number of hydrogen-bond acceptors (Lipinski definition) is 4. The Morgan fingerprint density at radius 3 is 2.48 bits per heavy atom. The van der Waals surface area contributed by atoms with Crippen LogP contribution in [0.15, 0.2) is 81.5 Å². The summed E-state index contributed by atoms with van der Waals surface area (Å²) in [6.07, 6.45) is 2.82. The SMILES string of the molecule is O=C(Nc1cccc(C(=O)O)c1)C(=Cc1ccco1)NC(=O)c1ccccc1Br. The molecular weight excluding hydrogens is 440 g/mol. The van der Waals surface area contributed by atoms with Crippen LogP contribution in [-0.4, -0.2) is 22.9 Å². The molecule has 7 nitrogen and oxygen atoms in total. The lowest BCUT2D eigenvalue weighted by Gasteiger charge is -2.12. The van der Waals surface area contributed by atoms with Gasteiger partial charge in [-0.05, 0) is 58.4 Å². The number of furan rings is 1. The number of carbonyl (C=O) groups is 3. The van der Waals surface area contributed by atoms with Crippen molar-refractivity contribution in [3.05, 3.63) is 94.0 Å². The smallest absolute Gasteiger partial charge is 0.335 e. The monoisotopic (exact) mass is 454 g/mol. The molecule has 146 valence electrons. The lowest BCUT2D eigenvalue weighted by Crippen LogP contribution is -2.31. The van der Waals surface area contributed by atoms with Gasteiger partial charge in [0.1, 0.15) is 11.5 Å². The maximum Gasteiger partial charge on any atom is 0.335 e. The Hall–Kier alpha value is -3.65. The lowest BCUT2D eigenvalue weighted by atomic mass is 10.2. The maximum absolute atomic E-state index is 12.8. The number of nitrogens with one attached hydrogen (secondary N) is 2. The summed E-state index contributed by atoms with van der Waals surface area (Å²) in [4.78, 5) is 36.5. The number of hydrogen-bond donors (Lipinski definition) is 3. The summed E-state index contributed by atoms with van der Waals surface area (Å²) in [6, 6.07) is 15.8. The van der Waals surface area contributed by atoms with E-state index in [0.717, 1.165) is 0 Å². The van der Waals surface area contributed by atoms with E-state index in [-0.39, 0.29) is 16.9 Å². The molecule has 8 heteroatoms. The second-order valence-corrected chi connectivity index (χ2v) is 6.70. The number of anilines is 1. The average molecular weight is 455 g/mol. The second-order valence-electron chi connectivity index (χ2n) is 5.85. The summed E-state index contributed by atoms with van der Waals surface area (Å²) < 4.78 is 5.80. The summed E-state index contributed by atoms with van der Waals surface area (Å²) >= 11 is 3.30. The van der Waals surface area contributed by atoms with E-state index in [0.29, 0.717) is 15.8 Å². The first-order valence-corrected chi connectivity index (χ1v) is 9.19. The minimum absolute atomic E-state index is 0.0246. The lowest BCUT2D eigenvalue weighted by molar-refractivity contribution is -0.113. The van der Waals surface area contributed by atoms with Crippen molar-refractivity contribution in [3.63, 3.8) is 0 Å². The van der Waals surface area contributed by atoms with Crippen molar-refractivity contribution in [1.29, 1.82) is 0 Å². The van der Waals surface area contributed by atoms with Crippen LogP contribution in [0.1, 0.15) is 26.5 Å². The van der Waals surface area contributed by atoms with Crippen molar-refractivity contribution in [2.45, 2.75) is 0 Å². The van der Waals surface area contributed by atoms with Crippen molar-refractivity contribution in [1.82, 2.24) is 5.32 Å². The summed E-state index contributed by atoms with van der Waals surface area (Å²) in [5, 5.41) is 14.3. The Balaban J connectivity index is 1.87. The molecule has 3 aromatic rings. The summed E-state index contributed by atoms with van der Waals surface area (Å²) in [6.45, 7) is 0. The average Bonchev–Trinajstić information content (AvgIpc) is 3.21. The molecule has 3 N–H and O–H groups in total. The van der Waals surface area contributed by atoms with Gasteiger partial charge < -0.3 is 20.2 Å². The first-order chi connectivity index (χ1) is 13.9. The molecule has 0 aliphatic heterocycles. The van der Waals surface area contributed by atoms with Crippen molar-refractivity contribution in [2.75, 3.05) is 5.32 Å². The molecule has 2 amide bonds. The van der Waals surface area contributed by atoms with E-state index in [4.69, 9.17) is 9.52 Å². The van der Waals surface area contributed by atoms with E-state index < -0.39 is 17.8 Å². The van der Waals surface area contributed by atoms with Crippen molar-refractivity contribution in [3.8, 4) is 0 Å². The second kappa shape index (κ2) is 9.03. The van der Waals surface area contributed by atoms with Gasteiger partial charge in [0.2, 0.25) is 0 Å². The van der Waals surface area contributed by atoms with Gasteiger partial charge in [0.25, 0.3) is 11.8 Å². The maximum atomic E-state index is 12.8. The van der Waals surface area contributed by atoms with Gasteiger partial charge in [-0.2, -0.15) is 0 Å². The minimum Gasteiger partial charge on any atom is -0.478 e. The molecular formula is C21H15BrN2O5. The van der Waals surface area contributed by atoms with Crippen LogP contribution in [0, 0.1) is 0 Å². The number of benzene rings is 2. The molecule has 0 spiro atoms. The van der Waals surface area contributed by atoms with Gasteiger partial charge in [0, 0.05) is 16.2 Å². The first kappa shape index (κ1) is 20.1. The molecule has 0 fully saturated rings. The van der Waals surface area contributed by atoms with Crippen LogP contribution in [0.25, 0.3) is 6.08 Å². The molecule has 0 saturated heterocycles. The predicted molar refractivity (Wildman–Crippen MR) is 110 cm³/mol. The van der Waals surface area contributed by atoms with Crippen LogP contribution in [0.5, 0.6) is 0 Å². The van der Waals surface area contributed by atoms with E-state index >= 15 is 0 Å². The van der Waals surface area contributed by atoms with E-state index in [1.807, 2.05) is 0 Å². The Morgan fingerprint density at radius 2 is 1.79 bits per heavy atom. The number of halogens is 1. The molecule has 29 heavy (non-hydrogen) atoms. The number of carboxylic acid groups (broad SMARTS) is 1. The van der Waals surface area contributed by atoms with Gasteiger partial charge in [-0.3, -0.25) is 9.59 Å². The van der Waals surface area contributed by atoms with Gasteiger partial charge in [-0.25, -0.2) is 4.79 Å². The number of aromatic carboxylic acids is 1. The van der Waals surface area contributed by atoms with E-state index in [1.165, 1.54) is 30.5 Å². The van der Waals surface area contributed by atoms with Gasteiger partial charge in [0.05, 0.1) is 17.4 Å². The standard InChI is InChI=1S/C21H15BrN2O5/c22-17-9-2-1-8-16(17)19(25)24-18(12-15-7-4-10-29-15)20(26)23-14-6-3-5-13(11-14)21(27)28/h1-12H,(H,23,26)(H,24,25)(H,27,28). The van der Waals surface area contributed by atoms with Gasteiger partial charge >= 0.3 is 5.97 Å². The van der Waals surface area contributed by atoms with Crippen molar-refractivity contribution >= 4 is 45.5 Å². The topological polar surface area (TPSA) is 109 Å². The van der Waals surface area contributed by atoms with Crippen LogP contribution < -0.4 is 10.6 Å². The fraction of sp³-hybridized carbons (Fsp3) is 0. The highest BCUT2D eigenvalue weighted by Crippen LogP contribution is 2.17. The first-order valence-electron chi connectivity index (χ1n) is 8.40. The number of carboxylic acids is 1. The molecule has 2 aromatic carbocycles. The van der Waals surface area contributed by atoms with Crippen molar-refractivity contribution in [2.24, 2.45) is 0 Å². The van der Waals surface area contributed by atoms with E-state index in [9.17, 15) is 14.4 Å². The summed E-state index contributed by atoms with van der Waals surface area (Å²) in [5.74, 6) is -1.88. The van der Waals surface area contributed by atoms with Crippen molar-refractivity contribution < 1.29 is 23.9 Å². The van der Waals surface area contributed by atoms with Crippen LogP contribution in [0.4, 0.5) is 5.69 Å². The fourth-order valence-electron chi connectivity index (χ4n) is 2.44. The van der Waals surface area contributed by atoms with Gasteiger partial charge in [0.15, 0.2) is 0 Å². The molecule has 0 unspecified atom stereocenters. The molecule has 0 saturated carbocycles. The molecule has 3 rings (SSSR count). The molecule has 1 aromatic heterocycles. The Kier molecular flexibility index (Phi) is 6.25. The third kappa shape index (κ3) is 5.20. The third-order valence-electron chi connectivity index (χ3n) is 3.81. The Morgan fingerprint density at radius 1 is 1.00 bits per heavy atom. The van der Waals surface area contributed by atoms with Gasteiger partial charge in [-0.15, -0.1) is 0 Å². The summed E-state index contributed by atoms with van der Waals surface area (Å²) in [7, 11) is 0. The number of carbonyl (C=O) groups excluding carboxylic acids is 2. The van der Waals surface area contributed by atoms with Crippen LogP contribution in [0.3, 0.4) is 0 Å². The molecule has 0 aliphatic rings. The third-order valence-corrected chi connectivity index (χ3v) is 4.50. The van der Waals surface area contributed by atoms with Crippen LogP contribution >= 0.6 is 15.9 Å². The van der Waals surface area contributed by atoms with Crippen LogP contribution in [-0.2, 0) is 4.79 Å². The van der Waals surface area contributed by atoms with Crippen LogP contribution in [0.2, 0.25) is 0 Å². The molecule has 0 atom stereocenters. The van der Waals surface area contributed by atoms with Gasteiger partial charge in [-0.1, -0.05) is 18.2 Å². The molecule has 1 heterocycles. The number of rotatable bonds is 6. The number of amides is 2. The zero-order valence-corrected chi connectivity index (χ0v) is 16.5. The molecule has 0 radical (unpaired) electrons. The predicted octanol–water partition coefficient (Wildman–Crippen LogP) is 4.15. The molecule has 0 bridgehead atoms. The molecule has 0 aliphatic carbocycles. The summed E-state index contributed by atoms with van der Waals surface area (Å²) in [5.41, 5.74) is 0.576. The Bertz CT molecular complexity index is 1090. The highest BCUT2D eigenvalue weighted by atomic mass is 79.9. The van der Waals surface area contributed by atoms with E-state index in [2.05, 4.69) is 26.6 Å². The Labute approximate surface area is 174 Å². The highest BCUT2D eigenvalue weighted by molar-refractivity contribution is 9.10. The minimum atomic E-state index is -1.12. The normalized spacial score (nSPS) is 11.0.